The first kappa shape index (κ1) is 11.1. The van der Waals surface area contributed by atoms with Gasteiger partial charge in [0.25, 0.3) is 0 Å². The van der Waals surface area contributed by atoms with Crippen molar-refractivity contribution in [2.75, 3.05) is 19.0 Å². The standard InChI is InChI=1S/C8H13ClF3N/c9-6-7-2-1-4-13(7)5-3-8(10,11)12/h7H,1-6H2. The van der Waals surface area contributed by atoms with E-state index in [1.165, 1.54) is 0 Å². The van der Waals surface area contributed by atoms with E-state index in [-0.39, 0.29) is 12.6 Å². The molecule has 0 N–H and O–H groups in total. The van der Waals surface area contributed by atoms with E-state index >= 15 is 0 Å². The van der Waals surface area contributed by atoms with Gasteiger partial charge in [-0.15, -0.1) is 11.6 Å². The molecule has 1 rings (SSSR count). The lowest BCUT2D eigenvalue weighted by molar-refractivity contribution is -0.138. The molecular weight excluding hydrogens is 203 g/mol. The highest BCUT2D eigenvalue weighted by molar-refractivity contribution is 6.18. The molecule has 1 atom stereocenters. The van der Waals surface area contributed by atoms with Crippen LogP contribution >= 0.6 is 11.6 Å². The topological polar surface area (TPSA) is 3.24 Å². The Bertz CT molecular complexity index is 160. The van der Waals surface area contributed by atoms with Gasteiger partial charge in [0.15, 0.2) is 0 Å². The molecule has 1 aliphatic heterocycles. The van der Waals surface area contributed by atoms with E-state index in [4.69, 9.17) is 11.6 Å². The maximum atomic E-state index is 11.9. The molecule has 1 saturated heterocycles. The number of nitrogens with zero attached hydrogens (tertiary/aromatic N) is 1. The van der Waals surface area contributed by atoms with Gasteiger partial charge in [0.2, 0.25) is 0 Å². The van der Waals surface area contributed by atoms with Crippen molar-refractivity contribution < 1.29 is 13.2 Å². The van der Waals surface area contributed by atoms with Gasteiger partial charge >= 0.3 is 6.18 Å². The van der Waals surface area contributed by atoms with Gasteiger partial charge in [-0.1, -0.05) is 0 Å². The second-order valence-corrected chi connectivity index (χ2v) is 3.66. The van der Waals surface area contributed by atoms with Crippen LogP contribution in [0.5, 0.6) is 0 Å². The molecule has 0 radical (unpaired) electrons. The molecule has 5 heteroatoms. The number of hydrogen-bond donors (Lipinski definition) is 0. The zero-order chi connectivity index (χ0) is 9.90. The van der Waals surface area contributed by atoms with Crippen LogP contribution in [0.25, 0.3) is 0 Å². The maximum absolute atomic E-state index is 11.9. The van der Waals surface area contributed by atoms with Crippen molar-refractivity contribution in [2.24, 2.45) is 0 Å². The Morgan fingerprint density at radius 1 is 1.38 bits per heavy atom. The minimum absolute atomic E-state index is 0.0981. The Morgan fingerprint density at radius 3 is 2.62 bits per heavy atom. The second kappa shape index (κ2) is 4.51. The van der Waals surface area contributed by atoms with E-state index in [0.717, 1.165) is 19.4 Å². The molecule has 78 valence electrons. The molecule has 0 aromatic rings. The zero-order valence-corrected chi connectivity index (χ0v) is 8.03. The van der Waals surface area contributed by atoms with Crippen LogP contribution in [-0.4, -0.2) is 36.1 Å². The van der Waals surface area contributed by atoms with Gasteiger partial charge in [0, 0.05) is 18.5 Å². The lowest BCUT2D eigenvalue weighted by atomic mass is 10.2. The van der Waals surface area contributed by atoms with E-state index in [2.05, 4.69) is 0 Å². The third kappa shape index (κ3) is 3.73. The number of alkyl halides is 4. The largest absolute Gasteiger partial charge is 0.390 e. The van der Waals surface area contributed by atoms with Crippen molar-refractivity contribution in [1.29, 1.82) is 0 Å². The smallest absolute Gasteiger partial charge is 0.299 e. The van der Waals surface area contributed by atoms with Gasteiger partial charge in [0.05, 0.1) is 6.42 Å². The van der Waals surface area contributed by atoms with E-state index in [1.807, 2.05) is 4.90 Å². The Hall–Kier alpha value is 0.0400. The molecule has 1 fully saturated rings. The molecule has 13 heavy (non-hydrogen) atoms. The van der Waals surface area contributed by atoms with Gasteiger partial charge in [-0.25, -0.2) is 0 Å². The van der Waals surface area contributed by atoms with Crippen LogP contribution in [0.15, 0.2) is 0 Å². The molecule has 0 bridgehead atoms. The average molecular weight is 216 g/mol. The lowest BCUT2D eigenvalue weighted by Gasteiger charge is -2.22. The fourth-order valence-corrected chi connectivity index (χ4v) is 1.98. The SMILES string of the molecule is FC(F)(F)CCN1CCCC1CCl. The Balaban J connectivity index is 2.28. The van der Waals surface area contributed by atoms with Crippen molar-refractivity contribution in [1.82, 2.24) is 4.90 Å². The molecule has 1 heterocycles. The molecule has 0 spiro atoms. The lowest BCUT2D eigenvalue weighted by Crippen LogP contribution is -2.33. The highest BCUT2D eigenvalue weighted by atomic mass is 35.5. The predicted octanol–water partition coefficient (Wildman–Crippen LogP) is 2.64. The summed E-state index contributed by atoms with van der Waals surface area (Å²) >= 11 is 5.63. The molecule has 1 unspecified atom stereocenters. The van der Waals surface area contributed by atoms with Crippen molar-refractivity contribution in [3.63, 3.8) is 0 Å². The van der Waals surface area contributed by atoms with E-state index < -0.39 is 12.6 Å². The predicted molar refractivity (Wildman–Crippen MR) is 46.0 cm³/mol. The monoisotopic (exact) mass is 215 g/mol. The van der Waals surface area contributed by atoms with Crippen LogP contribution in [0.2, 0.25) is 0 Å². The first-order valence-electron chi connectivity index (χ1n) is 4.39. The number of likely N-dealkylation sites (tertiary alicyclic amines) is 1. The second-order valence-electron chi connectivity index (χ2n) is 3.35. The normalized spacial score (nSPS) is 25.4. The average Bonchev–Trinajstić information content (AvgIpc) is 2.46. The molecule has 0 aromatic carbocycles. The van der Waals surface area contributed by atoms with Gasteiger partial charge in [-0.2, -0.15) is 13.2 Å². The molecule has 0 aliphatic carbocycles. The van der Waals surface area contributed by atoms with E-state index in [1.54, 1.807) is 0 Å². The van der Waals surface area contributed by atoms with Crippen LogP contribution in [0.3, 0.4) is 0 Å². The third-order valence-corrected chi connectivity index (χ3v) is 2.72. The minimum atomic E-state index is -4.04. The van der Waals surface area contributed by atoms with Crippen molar-refractivity contribution in [3.05, 3.63) is 0 Å². The summed E-state index contributed by atoms with van der Waals surface area (Å²) in [5, 5.41) is 0. The first-order valence-corrected chi connectivity index (χ1v) is 4.93. The zero-order valence-electron chi connectivity index (χ0n) is 7.28. The van der Waals surface area contributed by atoms with Gasteiger partial charge in [-0.3, -0.25) is 4.90 Å². The summed E-state index contributed by atoms with van der Waals surface area (Å²) < 4.78 is 35.6. The summed E-state index contributed by atoms with van der Waals surface area (Å²) in [5.41, 5.74) is 0. The fraction of sp³-hybridized carbons (Fsp3) is 1.00. The van der Waals surface area contributed by atoms with Crippen LogP contribution in [0.4, 0.5) is 13.2 Å². The van der Waals surface area contributed by atoms with Gasteiger partial charge in [-0.05, 0) is 19.4 Å². The molecule has 1 nitrogen and oxygen atoms in total. The summed E-state index contributed by atoms with van der Waals surface area (Å²) in [6.07, 6.45) is -2.86. The number of halogens is 4. The molecular formula is C8H13ClF3N. The van der Waals surface area contributed by atoms with Crippen LogP contribution in [-0.2, 0) is 0 Å². The Labute approximate surface area is 80.8 Å². The molecule has 0 aromatic heterocycles. The van der Waals surface area contributed by atoms with Crippen LogP contribution in [0, 0.1) is 0 Å². The minimum Gasteiger partial charge on any atom is -0.299 e. The van der Waals surface area contributed by atoms with Gasteiger partial charge in [0.1, 0.15) is 0 Å². The van der Waals surface area contributed by atoms with Crippen LogP contribution < -0.4 is 0 Å². The van der Waals surface area contributed by atoms with Crippen molar-refractivity contribution >= 4 is 11.6 Å². The molecule has 0 amide bonds. The highest BCUT2D eigenvalue weighted by Crippen LogP contribution is 2.24. The summed E-state index contributed by atoms with van der Waals surface area (Å²) in [4.78, 5) is 1.83. The summed E-state index contributed by atoms with van der Waals surface area (Å²) in [5.74, 6) is 0.442. The summed E-state index contributed by atoms with van der Waals surface area (Å²) in [6.45, 7) is 0.856. The molecule has 0 saturated carbocycles. The molecule has 1 aliphatic rings. The van der Waals surface area contributed by atoms with E-state index in [9.17, 15) is 13.2 Å². The summed E-state index contributed by atoms with van der Waals surface area (Å²) in [6, 6.07) is 0.156. The highest BCUT2D eigenvalue weighted by Gasteiger charge is 2.31. The van der Waals surface area contributed by atoms with Crippen LogP contribution in [0.1, 0.15) is 19.3 Å². The quantitative estimate of drug-likeness (QED) is 0.655. The third-order valence-electron chi connectivity index (χ3n) is 2.36. The Morgan fingerprint density at radius 2 is 2.08 bits per heavy atom. The fourth-order valence-electron chi connectivity index (χ4n) is 1.63. The maximum Gasteiger partial charge on any atom is 0.390 e. The van der Waals surface area contributed by atoms with E-state index in [0.29, 0.717) is 5.88 Å². The summed E-state index contributed by atoms with van der Waals surface area (Å²) in [7, 11) is 0. The first-order chi connectivity index (χ1) is 6.03. The number of hydrogen-bond acceptors (Lipinski definition) is 1. The van der Waals surface area contributed by atoms with Gasteiger partial charge < -0.3 is 0 Å². The Kier molecular flexibility index (Phi) is 3.86. The number of rotatable bonds is 3. The van der Waals surface area contributed by atoms with Crippen molar-refractivity contribution in [2.45, 2.75) is 31.5 Å². The van der Waals surface area contributed by atoms with Crippen molar-refractivity contribution in [3.8, 4) is 0 Å².